The quantitative estimate of drug-likeness (QED) is 0.390. The normalized spacial score (nSPS) is 16.7. The van der Waals surface area contributed by atoms with Gasteiger partial charge in [0, 0.05) is 37.3 Å². The highest BCUT2D eigenvalue weighted by atomic mass is 32.1. The summed E-state index contributed by atoms with van der Waals surface area (Å²) in [6.07, 6.45) is 1.92. The molecule has 1 atom stereocenters. The van der Waals surface area contributed by atoms with Gasteiger partial charge in [-0.1, -0.05) is 12.1 Å². The van der Waals surface area contributed by atoms with E-state index in [-0.39, 0.29) is 28.2 Å². The molecule has 4 N–H and O–H groups in total. The lowest BCUT2D eigenvalue weighted by Crippen LogP contribution is -2.32. The summed E-state index contributed by atoms with van der Waals surface area (Å²) in [4.78, 5) is 1.80. The van der Waals surface area contributed by atoms with Gasteiger partial charge in [-0.05, 0) is 42.4 Å². The minimum atomic E-state index is -0.590. The number of rotatable bonds is 6. The molecule has 0 unspecified atom stereocenters. The number of benzene rings is 2. The third-order valence-corrected chi connectivity index (χ3v) is 4.57. The molecule has 0 aliphatic carbocycles. The van der Waals surface area contributed by atoms with E-state index < -0.39 is 11.6 Å². The van der Waals surface area contributed by atoms with Crippen LogP contribution < -0.4 is 21.4 Å². The van der Waals surface area contributed by atoms with Crippen molar-refractivity contribution in [3.05, 3.63) is 65.0 Å². The Bertz CT molecular complexity index is 873. The number of anilines is 1. The Morgan fingerprint density at radius 1 is 1.21 bits per heavy atom. The molecule has 2 aromatic rings. The summed E-state index contributed by atoms with van der Waals surface area (Å²) in [6, 6.07) is 8.65. The van der Waals surface area contributed by atoms with Crippen LogP contribution in [0.5, 0.6) is 0 Å². The number of nitrogens with two attached hydrogens (primary N) is 1. The van der Waals surface area contributed by atoms with Crippen LogP contribution in [0, 0.1) is 17.5 Å². The maximum atomic E-state index is 14.5. The second kappa shape index (κ2) is 9.03. The summed E-state index contributed by atoms with van der Waals surface area (Å²) in [5.74, 6) is -1.40. The lowest BCUT2D eigenvalue weighted by atomic mass is 10.2. The summed E-state index contributed by atoms with van der Waals surface area (Å²) >= 11 is 4.59. The molecule has 9 heteroatoms. The first-order valence-corrected chi connectivity index (χ1v) is 9.13. The minimum Gasteiger partial charge on any atom is -0.375 e. The van der Waals surface area contributed by atoms with Crippen LogP contribution in [0.15, 0.2) is 41.5 Å². The molecule has 0 radical (unpaired) electrons. The Labute approximate surface area is 166 Å². The van der Waals surface area contributed by atoms with Crippen molar-refractivity contribution in [2.75, 3.05) is 18.0 Å². The zero-order chi connectivity index (χ0) is 20.1. The van der Waals surface area contributed by atoms with Crippen molar-refractivity contribution in [3.63, 3.8) is 0 Å². The Kier molecular flexibility index (Phi) is 6.48. The van der Waals surface area contributed by atoms with Gasteiger partial charge in [0.1, 0.15) is 17.5 Å². The van der Waals surface area contributed by atoms with Gasteiger partial charge < -0.3 is 16.0 Å². The van der Waals surface area contributed by atoms with Gasteiger partial charge in [0.2, 0.25) is 0 Å². The predicted octanol–water partition coefficient (Wildman–Crippen LogP) is 2.64. The third-order valence-electron chi connectivity index (χ3n) is 4.48. The molecule has 1 saturated heterocycles. The molecular weight excluding hydrogens is 387 g/mol. The third kappa shape index (κ3) is 5.20. The van der Waals surface area contributed by atoms with E-state index in [4.69, 9.17) is 5.73 Å². The van der Waals surface area contributed by atoms with E-state index in [0.29, 0.717) is 19.6 Å². The number of nitrogens with zero attached hydrogens (tertiary/aromatic N) is 2. The highest BCUT2D eigenvalue weighted by Gasteiger charge is 2.25. The number of hydrazone groups is 1. The smallest absolute Gasteiger partial charge is 0.184 e. The van der Waals surface area contributed by atoms with Crippen molar-refractivity contribution in [3.8, 4) is 0 Å². The molecule has 0 aromatic heterocycles. The van der Waals surface area contributed by atoms with Crippen molar-refractivity contribution in [2.24, 2.45) is 10.8 Å². The Morgan fingerprint density at radius 2 is 1.96 bits per heavy atom. The van der Waals surface area contributed by atoms with Gasteiger partial charge >= 0.3 is 0 Å². The molecule has 0 bridgehead atoms. The van der Waals surface area contributed by atoms with Crippen LogP contribution >= 0.6 is 12.2 Å². The first-order valence-electron chi connectivity index (χ1n) is 8.72. The largest absolute Gasteiger partial charge is 0.375 e. The topological polar surface area (TPSA) is 65.7 Å². The van der Waals surface area contributed by atoms with Crippen LogP contribution in [0.1, 0.15) is 17.5 Å². The van der Waals surface area contributed by atoms with Gasteiger partial charge in [0.25, 0.3) is 0 Å². The lowest BCUT2D eigenvalue weighted by Gasteiger charge is -2.20. The van der Waals surface area contributed by atoms with Gasteiger partial charge in [-0.2, -0.15) is 5.10 Å². The van der Waals surface area contributed by atoms with Crippen LogP contribution in [0.25, 0.3) is 0 Å². The maximum absolute atomic E-state index is 14.5. The van der Waals surface area contributed by atoms with E-state index >= 15 is 0 Å². The fraction of sp³-hybridized carbons (Fsp3) is 0.263. The second-order valence-electron chi connectivity index (χ2n) is 6.50. The molecule has 1 heterocycles. The monoisotopic (exact) mass is 407 g/mol. The molecule has 0 saturated carbocycles. The molecule has 3 rings (SSSR count). The zero-order valence-electron chi connectivity index (χ0n) is 15.0. The molecule has 28 heavy (non-hydrogen) atoms. The summed E-state index contributed by atoms with van der Waals surface area (Å²) in [5, 5.41) is 6.95. The molecule has 148 valence electrons. The van der Waals surface area contributed by atoms with Crippen molar-refractivity contribution in [1.82, 2.24) is 10.7 Å². The van der Waals surface area contributed by atoms with Crippen molar-refractivity contribution >= 4 is 29.2 Å². The van der Waals surface area contributed by atoms with Gasteiger partial charge in [0.15, 0.2) is 5.11 Å². The van der Waals surface area contributed by atoms with Crippen molar-refractivity contribution in [2.45, 2.75) is 19.0 Å². The van der Waals surface area contributed by atoms with E-state index in [9.17, 15) is 13.2 Å². The average molecular weight is 407 g/mol. The van der Waals surface area contributed by atoms with Crippen LogP contribution in [0.4, 0.5) is 18.9 Å². The summed E-state index contributed by atoms with van der Waals surface area (Å²) in [5.41, 5.74) is 8.69. The summed E-state index contributed by atoms with van der Waals surface area (Å²) < 4.78 is 41.7. The van der Waals surface area contributed by atoms with Crippen LogP contribution in [-0.4, -0.2) is 30.5 Å². The fourth-order valence-corrected chi connectivity index (χ4v) is 3.12. The Morgan fingerprint density at radius 3 is 2.68 bits per heavy atom. The molecule has 0 amide bonds. The first-order chi connectivity index (χ1) is 13.4. The number of nitrogens with one attached hydrogen (secondary N) is 2. The molecular formula is C19H20F3N5S. The number of hydrogen-bond acceptors (Lipinski definition) is 4. The summed E-state index contributed by atoms with van der Waals surface area (Å²) in [6.45, 7) is 1.74. The second-order valence-corrected chi connectivity index (χ2v) is 6.94. The molecule has 1 fully saturated rings. The van der Waals surface area contributed by atoms with Crippen LogP contribution in [0.3, 0.4) is 0 Å². The van der Waals surface area contributed by atoms with E-state index in [1.807, 2.05) is 0 Å². The number of halogens is 3. The van der Waals surface area contributed by atoms with E-state index in [1.165, 1.54) is 18.2 Å². The van der Waals surface area contributed by atoms with Gasteiger partial charge in [-0.3, -0.25) is 5.43 Å². The highest BCUT2D eigenvalue weighted by Crippen LogP contribution is 2.26. The molecule has 0 spiro atoms. The molecule has 1 aliphatic heterocycles. The average Bonchev–Trinajstić information content (AvgIpc) is 3.12. The molecule has 2 aromatic carbocycles. The van der Waals surface area contributed by atoms with Crippen LogP contribution in [-0.2, 0) is 6.54 Å². The minimum absolute atomic E-state index is 0.00446. The number of thiocarbonyl (C=S) groups is 1. The highest BCUT2D eigenvalue weighted by molar-refractivity contribution is 7.80. The standard InChI is InChI=1S/C19H20F3N5S/c20-14-3-1-12(2-4-14)9-24-15-5-6-27(11-15)18-8-16(21)13(7-17(18)22)10-25-26-19(23)28/h1-4,7-8,10,15,24H,5-6,9,11H2,(H3,23,26,28)/b25-10+/t15-/m1/s1. The van der Waals surface area contributed by atoms with Gasteiger partial charge in [-0.25, -0.2) is 13.2 Å². The number of hydrogen-bond donors (Lipinski definition) is 3. The Balaban J connectivity index is 1.61. The van der Waals surface area contributed by atoms with E-state index in [2.05, 4.69) is 28.1 Å². The van der Waals surface area contributed by atoms with E-state index in [0.717, 1.165) is 24.3 Å². The summed E-state index contributed by atoms with van der Waals surface area (Å²) in [7, 11) is 0. The lowest BCUT2D eigenvalue weighted by molar-refractivity contribution is 0.549. The molecule has 1 aliphatic rings. The molecule has 5 nitrogen and oxygen atoms in total. The van der Waals surface area contributed by atoms with Crippen molar-refractivity contribution in [1.29, 1.82) is 0 Å². The predicted molar refractivity (Wildman–Crippen MR) is 108 cm³/mol. The van der Waals surface area contributed by atoms with E-state index in [1.54, 1.807) is 17.0 Å². The fourth-order valence-electron chi connectivity index (χ4n) is 3.07. The first kappa shape index (κ1) is 20.1. The van der Waals surface area contributed by atoms with Gasteiger partial charge in [-0.15, -0.1) is 0 Å². The SMILES string of the molecule is NC(=S)N/N=C/c1cc(F)c(N2CC[C@@H](NCc3ccc(F)cc3)C2)cc1F. The van der Waals surface area contributed by atoms with Gasteiger partial charge in [0.05, 0.1) is 11.9 Å². The Hall–Kier alpha value is -2.65. The zero-order valence-corrected chi connectivity index (χ0v) is 15.8. The van der Waals surface area contributed by atoms with Crippen LogP contribution in [0.2, 0.25) is 0 Å². The maximum Gasteiger partial charge on any atom is 0.184 e. The van der Waals surface area contributed by atoms with Crippen molar-refractivity contribution < 1.29 is 13.2 Å².